The van der Waals surface area contributed by atoms with Gasteiger partial charge in [0, 0.05) is 5.56 Å². The van der Waals surface area contributed by atoms with Gasteiger partial charge in [-0.3, -0.25) is 4.79 Å². The second-order valence-corrected chi connectivity index (χ2v) is 5.17. The number of hydrogen-bond acceptors (Lipinski definition) is 6. The summed E-state index contributed by atoms with van der Waals surface area (Å²) in [7, 11) is 2.99. The summed E-state index contributed by atoms with van der Waals surface area (Å²) in [4.78, 5) is 24.1. The molecule has 2 aromatic carbocycles. The van der Waals surface area contributed by atoms with Crippen molar-refractivity contribution in [2.75, 3.05) is 20.8 Å². The van der Waals surface area contributed by atoms with Crippen molar-refractivity contribution in [3.05, 3.63) is 54.1 Å². The molecule has 6 heteroatoms. The maximum atomic E-state index is 12.2. The minimum absolute atomic E-state index is 0.346. The Balaban J connectivity index is 1.91. The van der Waals surface area contributed by atoms with Crippen LogP contribution in [0.2, 0.25) is 0 Å². The van der Waals surface area contributed by atoms with Crippen LogP contribution in [0.3, 0.4) is 0 Å². The fraction of sp³-hybridized carbons (Fsp3) is 0.263. The molecule has 0 aliphatic rings. The van der Waals surface area contributed by atoms with Gasteiger partial charge in [-0.05, 0) is 37.3 Å². The number of methoxy groups -OCH3 is 2. The molecule has 0 radical (unpaired) electrons. The van der Waals surface area contributed by atoms with E-state index in [1.807, 2.05) is 6.07 Å². The number of esters is 1. The third-order valence-electron chi connectivity index (χ3n) is 3.44. The highest BCUT2D eigenvalue weighted by molar-refractivity contribution is 5.98. The first-order valence-corrected chi connectivity index (χ1v) is 7.68. The van der Waals surface area contributed by atoms with Crippen LogP contribution in [0.4, 0.5) is 0 Å². The summed E-state index contributed by atoms with van der Waals surface area (Å²) in [6.45, 7) is 1.19. The van der Waals surface area contributed by atoms with Crippen molar-refractivity contribution in [3.63, 3.8) is 0 Å². The quantitative estimate of drug-likeness (QED) is 0.542. The number of rotatable bonds is 8. The Morgan fingerprint density at radius 2 is 1.64 bits per heavy atom. The zero-order valence-corrected chi connectivity index (χ0v) is 14.4. The van der Waals surface area contributed by atoms with Crippen LogP contribution < -0.4 is 14.2 Å². The molecule has 25 heavy (non-hydrogen) atoms. The molecule has 1 atom stereocenters. The molecule has 0 unspecified atom stereocenters. The molecule has 0 aliphatic carbocycles. The topological polar surface area (TPSA) is 71.1 Å². The van der Waals surface area contributed by atoms with Crippen molar-refractivity contribution in [1.29, 1.82) is 0 Å². The normalized spacial score (nSPS) is 11.3. The lowest BCUT2D eigenvalue weighted by Gasteiger charge is -2.14. The van der Waals surface area contributed by atoms with E-state index in [2.05, 4.69) is 0 Å². The highest BCUT2D eigenvalue weighted by Crippen LogP contribution is 2.27. The summed E-state index contributed by atoms with van der Waals surface area (Å²) >= 11 is 0. The SMILES string of the molecule is COc1ccc(C(=O)COC(=O)[C@@H](C)Oc2ccccc2)cc1OC. The summed E-state index contributed by atoms with van der Waals surface area (Å²) < 4.78 is 20.8. The number of benzene rings is 2. The molecule has 132 valence electrons. The van der Waals surface area contributed by atoms with E-state index in [9.17, 15) is 9.59 Å². The first-order chi connectivity index (χ1) is 12.0. The Morgan fingerprint density at radius 1 is 0.960 bits per heavy atom. The van der Waals surface area contributed by atoms with E-state index < -0.39 is 12.1 Å². The molecule has 0 saturated heterocycles. The van der Waals surface area contributed by atoms with Crippen LogP contribution in [-0.4, -0.2) is 38.7 Å². The molecular formula is C19H20O6. The van der Waals surface area contributed by atoms with Gasteiger partial charge in [-0.25, -0.2) is 4.79 Å². The van der Waals surface area contributed by atoms with Crippen molar-refractivity contribution >= 4 is 11.8 Å². The number of carbonyl (C=O) groups is 2. The van der Waals surface area contributed by atoms with E-state index in [1.165, 1.54) is 14.2 Å². The molecule has 0 bridgehead atoms. The lowest BCUT2D eigenvalue weighted by atomic mass is 10.1. The number of hydrogen-bond donors (Lipinski definition) is 0. The smallest absolute Gasteiger partial charge is 0.347 e. The Hall–Kier alpha value is -3.02. The van der Waals surface area contributed by atoms with E-state index in [0.717, 1.165) is 0 Å². The van der Waals surface area contributed by atoms with Crippen LogP contribution in [0.5, 0.6) is 17.2 Å². The molecule has 0 spiro atoms. The van der Waals surface area contributed by atoms with Gasteiger partial charge in [0.1, 0.15) is 5.75 Å². The van der Waals surface area contributed by atoms with Crippen LogP contribution in [0.1, 0.15) is 17.3 Å². The minimum Gasteiger partial charge on any atom is -0.493 e. The first-order valence-electron chi connectivity index (χ1n) is 7.68. The number of ketones is 1. The van der Waals surface area contributed by atoms with Crippen LogP contribution in [-0.2, 0) is 9.53 Å². The van der Waals surface area contributed by atoms with Crippen LogP contribution in [0.25, 0.3) is 0 Å². The fourth-order valence-corrected chi connectivity index (χ4v) is 2.10. The van der Waals surface area contributed by atoms with E-state index in [4.69, 9.17) is 18.9 Å². The molecule has 2 rings (SSSR count). The standard InChI is InChI=1S/C19H20O6/c1-13(25-15-7-5-4-6-8-15)19(21)24-12-16(20)14-9-10-17(22-2)18(11-14)23-3/h4-11,13H,12H2,1-3H3/t13-/m1/s1. The lowest BCUT2D eigenvalue weighted by molar-refractivity contribution is -0.149. The van der Waals surface area contributed by atoms with Crippen molar-refractivity contribution in [2.45, 2.75) is 13.0 Å². The average molecular weight is 344 g/mol. The predicted octanol–water partition coefficient (Wildman–Crippen LogP) is 2.90. The number of ether oxygens (including phenoxy) is 4. The largest absolute Gasteiger partial charge is 0.493 e. The maximum Gasteiger partial charge on any atom is 0.347 e. The molecule has 0 N–H and O–H groups in total. The Kier molecular flexibility index (Phi) is 6.39. The van der Waals surface area contributed by atoms with E-state index in [1.54, 1.807) is 49.4 Å². The van der Waals surface area contributed by atoms with Crippen molar-refractivity contribution in [3.8, 4) is 17.2 Å². The summed E-state index contributed by atoms with van der Waals surface area (Å²) in [5.41, 5.74) is 0.363. The van der Waals surface area contributed by atoms with Gasteiger partial charge in [0.15, 0.2) is 30.0 Å². The van der Waals surface area contributed by atoms with Gasteiger partial charge < -0.3 is 18.9 Å². The van der Waals surface area contributed by atoms with Gasteiger partial charge in [0.05, 0.1) is 14.2 Å². The minimum atomic E-state index is -0.819. The second kappa shape index (κ2) is 8.73. The van der Waals surface area contributed by atoms with E-state index >= 15 is 0 Å². The first kappa shape index (κ1) is 18.3. The lowest BCUT2D eigenvalue weighted by Crippen LogP contribution is -2.28. The van der Waals surface area contributed by atoms with Crippen LogP contribution in [0, 0.1) is 0 Å². The molecular weight excluding hydrogens is 324 g/mol. The number of carbonyl (C=O) groups excluding carboxylic acids is 2. The summed E-state index contributed by atoms with van der Waals surface area (Å²) in [6, 6.07) is 13.7. The molecule has 0 saturated carbocycles. The summed E-state index contributed by atoms with van der Waals surface area (Å²) in [5.74, 6) is 0.540. The second-order valence-electron chi connectivity index (χ2n) is 5.17. The van der Waals surface area contributed by atoms with Crippen LogP contribution in [0.15, 0.2) is 48.5 Å². The van der Waals surface area contributed by atoms with Gasteiger partial charge in [0.25, 0.3) is 0 Å². The maximum absolute atomic E-state index is 12.2. The van der Waals surface area contributed by atoms with Gasteiger partial charge in [-0.2, -0.15) is 0 Å². The van der Waals surface area contributed by atoms with Gasteiger partial charge >= 0.3 is 5.97 Å². The Bertz CT molecular complexity index is 726. The average Bonchev–Trinajstić information content (AvgIpc) is 2.65. The Labute approximate surface area is 146 Å². The van der Waals surface area contributed by atoms with E-state index in [-0.39, 0.29) is 12.4 Å². The molecule has 0 aliphatic heterocycles. The zero-order chi connectivity index (χ0) is 18.2. The van der Waals surface area contributed by atoms with Gasteiger partial charge in [-0.15, -0.1) is 0 Å². The highest BCUT2D eigenvalue weighted by Gasteiger charge is 2.19. The predicted molar refractivity (Wildman–Crippen MR) is 91.4 cm³/mol. The van der Waals surface area contributed by atoms with Gasteiger partial charge in [0.2, 0.25) is 0 Å². The van der Waals surface area contributed by atoms with Crippen molar-refractivity contribution in [1.82, 2.24) is 0 Å². The third-order valence-corrected chi connectivity index (χ3v) is 3.44. The molecule has 6 nitrogen and oxygen atoms in total. The summed E-state index contributed by atoms with van der Waals surface area (Å²) in [5, 5.41) is 0. The molecule has 0 fully saturated rings. The fourth-order valence-electron chi connectivity index (χ4n) is 2.10. The summed E-state index contributed by atoms with van der Waals surface area (Å²) in [6.07, 6.45) is -0.819. The Morgan fingerprint density at radius 3 is 2.28 bits per heavy atom. The molecule has 0 amide bonds. The van der Waals surface area contributed by atoms with Crippen molar-refractivity contribution < 1.29 is 28.5 Å². The monoisotopic (exact) mass is 344 g/mol. The van der Waals surface area contributed by atoms with Crippen molar-refractivity contribution in [2.24, 2.45) is 0 Å². The van der Waals surface area contributed by atoms with Crippen LogP contribution >= 0.6 is 0 Å². The molecule has 0 heterocycles. The molecule has 0 aromatic heterocycles. The van der Waals surface area contributed by atoms with Gasteiger partial charge in [-0.1, -0.05) is 18.2 Å². The zero-order valence-electron chi connectivity index (χ0n) is 14.4. The van der Waals surface area contributed by atoms with E-state index in [0.29, 0.717) is 22.8 Å². The number of para-hydroxylation sites is 1. The highest BCUT2D eigenvalue weighted by atomic mass is 16.6. The molecule has 2 aromatic rings. The number of Topliss-reactive ketones (excluding diaryl/α,β-unsaturated/α-hetero) is 1. The third kappa shape index (κ3) is 4.97.